The van der Waals surface area contributed by atoms with Gasteiger partial charge in [0, 0.05) is 33.9 Å². The van der Waals surface area contributed by atoms with Crippen LogP contribution in [0.2, 0.25) is 0 Å². The van der Waals surface area contributed by atoms with E-state index in [0.29, 0.717) is 11.1 Å². The van der Waals surface area contributed by atoms with E-state index in [1.807, 2.05) is 19.1 Å². The lowest BCUT2D eigenvalue weighted by molar-refractivity contribution is -0.296. The summed E-state index contributed by atoms with van der Waals surface area (Å²) in [4.78, 5) is 45.5. The van der Waals surface area contributed by atoms with Gasteiger partial charge < -0.3 is 34.3 Å². The number of methoxy groups -OCH3 is 1. The summed E-state index contributed by atoms with van der Waals surface area (Å²) < 4.78 is 29.0. The number of nitrogens with one attached hydrogen (secondary N) is 2. The van der Waals surface area contributed by atoms with Crippen molar-refractivity contribution in [3.63, 3.8) is 0 Å². The molecule has 2 aromatic rings. The van der Waals surface area contributed by atoms with Gasteiger partial charge in [-0.25, -0.2) is 4.98 Å². The van der Waals surface area contributed by atoms with E-state index in [9.17, 15) is 14.4 Å². The molecule has 13 heteroatoms. The van der Waals surface area contributed by atoms with Gasteiger partial charge in [-0.1, -0.05) is 36.7 Å². The fraction of sp³-hybridized carbons (Fsp3) is 0.607. The lowest BCUT2D eigenvalue weighted by Gasteiger charge is -2.43. The average molecular weight is 591 g/mol. The van der Waals surface area contributed by atoms with E-state index < -0.39 is 48.6 Å². The average Bonchev–Trinajstić information content (AvgIpc) is 3.31. The highest BCUT2D eigenvalue weighted by molar-refractivity contribution is 7.22. The van der Waals surface area contributed by atoms with Crippen molar-refractivity contribution in [3.05, 3.63) is 23.8 Å². The van der Waals surface area contributed by atoms with Crippen LogP contribution in [0.1, 0.15) is 58.4 Å². The molecule has 4 rings (SSSR count). The first kappa shape index (κ1) is 30.7. The Kier molecular flexibility index (Phi) is 10.5. The lowest BCUT2D eigenvalue weighted by atomic mass is 9.96. The number of anilines is 1. The fourth-order valence-electron chi connectivity index (χ4n) is 5.12. The predicted octanol–water partition coefficient (Wildman–Crippen LogP) is 3.46. The molecule has 0 amide bonds. The van der Waals surface area contributed by atoms with Crippen LogP contribution in [0, 0.1) is 6.92 Å². The third-order valence-corrected chi connectivity index (χ3v) is 7.81. The number of hydrogen-bond acceptors (Lipinski definition) is 11. The van der Waals surface area contributed by atoms with Gasteiger partial charge in [0.1, 0.15) is 6.10 Å². The van der Waals surface area contributed by atoms with E-state index in [-0.39, 0.29) is 12.6 Å². The summed E-state index contributed by atoms with van der Waals surface area (Å²) in [5.74, 6) is -1.40. The maximum absolute atomic E-state index is 12.1. The van der Waals surface area contributed by atoms with Crippen LogP contribution in [0.25, 0.3) is 10.2 Å². The zero-order chi connectivity index (χ0) is 29.5. The van der Waals surface area contributed by atoms with Gasteiger partial charge in [-0.15, -0.1) is 0 Å². The smallest absolute Gasteiger partial charge is 0.303 e. The van der Waals surface area contributed by atoms with Crippen LogP contribution in [0.5, 0.6) is 0 Å². The van der Waals surface area contributed by atoms with Crippen LogP contribution in [0.3, 0.4) is 0 Å². The highest BCUT2D eigenvalue weighted by Crippen LogP contribution is 2.30. The van der Waals surface area contributed by atoms with Gasteiger partial charge in [0.25, 0.3) is 0 Å². The van der Waals surface area contributed by atoms with Crippen LogP contribution in [0.15, 0.2) is 23.2 Å². The summed E-state index contributed by atoms with van der Waals surface area (Å²) >= 11 is 1.52. The molecular formula is C28H38N4O8S. The number of rotatable bonds is 8. The second-order valence-electron chi connectivity index (χ2n) is 10.3. The molecule has 1 saturated heterocycles. The third-order valence-electron chi connectivity index (χ3n) is 6.87. The Morgan fingerprint density at radius 1 is 1.00 bits per heavy atom. The molecular weight excluding hydrogens is 552 g/mol. The van der Waals surface area contributed by atoms with Gasteiger partial charge in [0.15, 0.2) is 35.7 Å². The number of ether oxygens (including phenoxy) is 5. The van der Waals surface area contributed by atoms with Crippen LogP contribution >= 0.6 is 11.3 Å². The standard InChI is InChI=1S/C28H38N4O8S/c1-15-11-12-20-22(13-15)41-28(31-20)32-27(30-19-9-7-6-8-10-19)29-14-21-23(37-16(2)33)24(38-17(3)34)25(39-18(4)35)26(36-5)40-21/h11-13,19,21,23-26H,6-10,14H2,1-5H3,(H2,29,30,31,32)/t21-,23-,24+,25-,26+/m1/s1. The summed E-state index contributed by atoms with van der Waals surface area (Å²) in [5.41, 5.74) is 2.03. The number of fused-ring (bicyclic) bond motifs is 1. The molecule has 0 spiro atoms. The fourth-order valence-corrected chi connectivity index (χ4v) is 6.08. The molecule has 2 aliphatic rings. The summed E-state index contributed by atoms with van der Waals surface area (Å²) in [5, 5.41) is 7.52. The largest absolute Gasteiger partial charge is 0.456 e. The summed E-state index contributed by atoms with van der Waals surface area (Å²) in [6.45, 7) is 5.72. The molecule has 0 bridgehead atoms. The Morgan fingerprint density at radius 3 is 2.32 bits per heavy atom. The van der Waals surface area contributed by atoms with Gasteiger partial charge >= 0.3 is 17.9 Å². The number of carbonyl (C=O) groups is 3. The predicted molar refractivity (Wildman–Crippen MR) is 153 cm³/mol. The quantitative estimate of drug-likeness (QED) is 0.202. The van der Waals surface area contributed by atoms with Crippen molar-refractivity contribution in [2.45, 2.75) is 96.5 Å². The highest BCUT2D eigenvalue weighted by atomic mass is 32.1. The molecule has 2 N–H and O–H groups in total. The Bertz CT molecular complexity index is 1260. The maximum Gasteiger partial charge on any atom is 0.303 e. The van der Waals surface area contributed by atoms with E-state index in [1.54, 1.807) is 0 Å². The number of aryl methyl sites for hydroxylation is 1. The molecule has 224 valence electrons. The Hall–Kier alpha value is -3.29. The second kappa shape index (κ2) is 14.1. The normalized spacial score (nSPS) is 25.4. The summed E-state index contributed by atoms with van der Waals surface area (Å²) in [6.07, 6.45) is 0.0654. The van der Waals surface area contributed by atoms with Crippen LogP contribution in [-0.2, 0) is 38.1 Å². The number of carbonyl (C=O) groups excluding carboxylic acids is 3. The first-order chi connectivity index (χ1) is 19.6. The van der Waals surface area contributed by atoms with E-state index in [1.165, 1.54) is 45.6 Å². The molecule has 12 nitrogen and oxygen atoms in total. The number of hydrogen-bond donors (Lipinski definition) is 2. The van der Waals surface area contributed by atoms with Crippen molar-refractivity contribution in [1.29, 1.82) is 0 Å². The van der Waals surface area contributed by atoms with Gasteiger partial charge in [0.2, 0.25) is 0 Å². The molecule has 0 radical (unpaired) electrons. The van der Waals surface area contributed by atoms with Crippen molar-refractivity contribution in [3.8, 4) is 0 Å². The molecule has 2 heterocycles. The Morgan fingerprint density at radius 2 is 1.66 bits per heavy atom. The zero-order valence-corrected chi connectivity index (χ0v) is 24.8. The third kappa shape index (κ3) is 8.37. The molecule has 1 aliphatic heterocycles. The Balaban J connectivity index is 1.63. The maximum atomic E-state index is 12.1. The van der Waals surface area contributed by atoms with Crippen LogP contribution in [-0.4, -0.2) is 79.3 Å². The van der Waals surface area contributed by atoms with Crippen molar-refractivity contribution in [1.82, 2.24) is 10.3 Å². The van der Waals surface area contributed by atoms with E-state index in [4.69, 9.17) is 33.7 Å². The summed E-state index contributed by atoms with van der Waals surface area (Å²) in [7, 11) is 1.38. The Labute approximate surface area is 243 Å². The lowest BCUT2D eigenvalue weighted by Crippen LogP contribution is -2.62. The van der Waals surface area contributed by atoms with Crippen molar-refractivity contribution < 1.29 is 38.1 Å². The first-order valence-electron chi connectivity index (χ1n) is 13.8. The van der Waals surface area contributed by atoms with Crippen molar-refractivity contribution >= 4 is 50.6 Å². The number of benzene rings is 1. The number of aromatic nitrogens is 1. The zero-order valence-electron chi connectivity index (χ0n) is 24.0. The molecule has 41 heavy (non-hydrogen) atoms. The molecule has 2 fully saturated rings. The van der Waals surface area contributed by atoms with Gasteiger partial charge in [-0.2, -0.15) is 0 Å². The van der Waals surface area contributed by atoms with E-state index in [0.717, 1.165) is 41.5 Å². The molecule has 1 saturated carbocycles. The van der Waals surface area contributed by atoms with Crippen molar-refractivity contribution in [2.75, 3.05) is 19.0 Å². The minimum atomic E-state index is -1.17. The minimum absolute atomic E-state index is 0.00835. The minimum Gasteiger partial charge on any atom is -0.456 e. The van der Waals surface area contributed by atoms with Gasteiger partial charge in [-0.05, 0) is 37.5 Å². The molecule has 0 unspecified atom stereocenters. The molecule has 1 aliphatic carbocycles. The molecule has 5 atom stereocenters. The van der Waals surface area contributed by atoms with E-state index in [2.05, 4.69) is 16.7 Å². The highest BCUT2D eigenvalue weighted by Gasteiger charge is 2.52. The van der Waals surface area contributed by atoms with Gasteiger partial charge in [-0.3, -0.25) is 19.4 Å². The summed E-state index contributed by atoms with van der Waals surface area (Å²) in [6, 6.07) is 6.32. The topological polar surface area (TPSA) is 147 Å². The number of esters is 3. The molecule has 1 aromatic heterocycles. The van der Waals surface area contributed by atoms with Crippen LogP contribution in [0.4, 0.5) is 5.13 Å². The monoisotopic (exact) mass is 590 g/mol. The number of nitrogens with zero attached hydrogens (tertiary/aromatic N) is 2. The number of aliphatic imine (C=N–C) groups is 1. The second-order valence-corrected chi connectivity index (χ2v) is 11.3. The van der Waals surface area contributed by atoms with E-state index >= 15 is 0 Å². The van der Waals surface area contributed by atoms with Gasteiger partial charge in [0.05, 0.1) is 16.8 Å². The van der Waals surface area contributed by atoms with Crippen molar-refractivity contribution in [2.24, 2.45) is 4.99 Å². The van der Waals surface area contributed by atoms with Crippen LogP contribution < -0.4 is 10.6 Å². The number of guanidine groups is 1. The molecule has 1 aromatic carbocycles. The number of thiazole rings is 1. The SMILES string of the molecule is CO[C@H]1O[C@H](CN=C(Nc2nc3ccc(C)cc3s2)NC2CCCCC2)[C@@H](OC(C)=O)[C@H](OC(C)=O)[C@H]1OC(C)=O. The first-order valence-corrected chi connectivity index (χ1v) is 14.6.